The Labute approximate surface area is 97.8 Å². The number of hydrogen-bond acceptors (Lipinski definition) is 1. The van der Waals surface area contributed by atoms with E-state index in [0.717, 1.165) is 0 Å². The van der Waals surface area contributed by atoms with Crippen molar-refractivity contribution in [2.24, 2.45) is 0 Å². The molecule has 4 bridgehead atoms. The molecule has 1 heteroatoms. The fourth-order valence-electron chi connectivity index (χ4n) is 2.57. The summed E-state index contributed by atoms with van der Waals surface area (Å²) >= 11 is 1.89. The maximum atomic E-state index is 2.29. The fourth-order valence-corrected chi connectivity index (χ4v) is 3.51. The number of rotatable bonds is 1. The van der Waals surface area contributed by atoms with Crippen molar-refractivity contribution in [3.05, 3.63) is 47.3 Å². The lowest BCUT2D eigenvalue weighted by atomic mass is 9.91. The molecule has 5 aromatic carbocycles. The quantitative estimate of drug-likeness (QED) is 0.429. The second-order valence-corrected chi connectivity index (χ2v) is 5.62. The molecule has 0 aliphatic carbocycles. The van der Waals surface area contributed by atoms with Gasteiger partial charge in [-0.25, -0.2) is 0 Å². The van der Waals surface area contributed by atoms with Crippen LogP contribution in [0.3, 0.4) is 0 Å². The smallest absolute Gasteiger partial charge is 0.0358 e. The highest BCUT2D eigenvalue weighted by Crippen LogP contribution is 2.42. The molecule has 16 heavy (non-hydrogen) atoms. The van der Waals surface area contributed by atoms with E-state index in [9.17, 15) is 0 Å². The molecule has 0 radical (unpaired) electrons. The minimum atomic E-state index is 1.37. The van der Waals surface area contributed by atoms with E-state index in [4.69, 9.17) is 0 Å². The number of aryl methyl sites for hydroxylation is 1. The summed E-state index contributed by atoms with van der Waals surface area (Å²) in [5.41, 5.74) is 1.44. The van der Waals surface area contributed by atoms with Gasteiger partial charge in [0.15, 0.2) is 0 Å². The van der Waals surface area contributed by atoms with Crippen LogP contribution in [0.4, 0.5) is 0 Å². The molecule has 0 unspecified atom stereocenters. The number of hydrogen-bond donors (Lipinski definition) is 0. The third kappa shape index (κ3) is 0.940. The van der Waals surface area contributed by atoms with Gasteiger partial charge in [-0.2, -0.15) is 0 Å². The van der Waals surface area contributed by atoms with Gasteiger partial charge in [0.1, 0.15) is 0 Å². The Kier molecular flexibility index (Phi) is 1.46. The molecule has 6 rings (SSSR count). The highest BCUT2D eigenvalue weighted by atomic mass is 32.1. The van der Waals surface area contributed by atoms with E-state index in [2.05, 4.69) is 49.4 Å². The van der Waals surface area contributed by atoms with Crippen molar-refractivity contribution in [3.8, 4) is 10.4 Å². The van der Waals surface area contributed by atoms with Gasteiger partial charge < -0.3 is 0 Å². The molecule has 0 aliphatic heterocycles. The highest BCUT2D eigenvalue weighted by Gasteiger charge is 2.14. The molecular formula is C15H10S. The largest absolute Gasteiger partial charge is 0.141 e. The SMILES string of the molecule is Cc1ccc(-c2c3ccc4cc3ccc24)s1. The molecule has 0 spiro atoms. The summed E-state index contributed by atoms with van der Waals surface area (Å²) in [5, 5.41) is 5.53. The van der Waals surface area contributed by atoms with Gasteiger partial charge in [-0.3, -0.25) is 0 Å². The molecule has 0 fully saturated rings. The molecule has 0 saturated heterocycles. The Morgan fingerprint density at radius 1 is 0.812 bits per heavy atom. The van der Waals surface area contributed by atoms with Crippen LogP contribution in [0.5, 0.6) is 0 Å². The van der Waals surface area contributed by atoms with Crippen LogP contribution in [0.25, 0.3) is 32.0 Å². The Morgan fingerprint density at radius 2 is 1.50 bits per heavy atom. The average molecular weight is 222 g/mol. The van der Waals surface area contributed by atoms with Gasteiger partial charge in [0.2, 0.25) is 0 Å². The summed E-state index contributed by atoms with van der Waals surface area (Å²) in [6.45, 7) is 2.17. The predicted octanol–water partition coefficient (Wildman–Crippen LogP) is 4.91. The molecule has 0 N–H and O–H groups in total. The number of fused-ring (bicyclic) bond motifs is 2. The van der Waals surface area contributed by atoms with E-state index in [-0.39, 0.29) is 0 Å². The van der Waals surface area contributed by atoms with Crippen LogP contribution in [0.2, 0.25) is 0 Å². The Balaban J connectivity index is 2.19. The lowest BCUT2D eigenvalue weighted by molar-refractivity contribution is 1.64. The second-order valence-electron chi connectivity index (χ2n) is 4.33. The first-order chi connectivity index (χ1) is 7.83. The third-order valence-electron chi connectivity index (χ3n) is 3.32. The second kappa shape index (κ2) is 2.74. The van der Waals surface area contributed by atoms with Gasteiger partial charge in [-0.05, 0) is 46.7 Å². The normalized spacial score (nSPS) is 12.1. The molecule has 1 aromatic heterocycles. The zero-order chi connectivity index (χ0) is 10.7. The molecule has 0 atom stereocenters. The first-order valence-corrected chi connectivity index (χ1v) is 6.28. The van der Waals surface area contributed by atoms with Crippen LogP contribution >= 0.6 is 11.3 Å². The minimum absolute atomic E-state index is 1.37. The molecule has 1 heterocycles. The molecule has 76 valence electrons. The van der Waals surface area contributed by atoms with Gasteiger partial charge >= 0.3 is 0 Å². The molecular weight excluding hydrogens is 212 g/mol. The first-order valence-electron chi connectivity index (χ1n) is 5.47. The lowest BCUT2D eigenvalue weighted by Gasteiger charge is -2.14. The van der Waals surface area contributed by atoms with Crippen LogP contribution in [0.1, 0.15) is 4.88 Å². The summed E-state index contributed by atoms with van der Waals surface area (Å²) in [5.74, 6) is 0. The van der Waals surface area contributed by atoms with Crippen molar-refractivity contribution in [1.29, 1.82) is 0 Å². The van der Waals surface area contributed by atoms with E-state index in [1.54, 1.807) is 0 Å². The topological polar surface area (TPSA) is 0 Å². The van der Waals surface area contributed by atoms with Crippen LogP contribution in [-0.2, 0) is 0 Å². The van der Waals surface area contributed by atoms with Crippen LogP contribution in [0.15, 0.2) is 42.5 Å². The van der Waals surface area contributed by atoms with Gasteiger partial charge in [0, 0.05) is 15.3 Å². The number of thiophene rings is 1. The van der Waals surface area contributed by atoms with E-state index in [1.807, 2.05) is 11.3 Å². The Morgan fingerprint density at radius 3 is 2.06 bits per heavy atom. The third-order valence-corrected chi connectivity index (χ3v) is 4.34. The first kappa shape index (κ1) is 8.54. The fraction of sp³-hybridized carbons (Fsp3) is 0.0667. The number of benzene rings is 5. The summed E-state index contributed by atoms with van der Waals surface area (Å²) in [6.07, 6.45) is 0. The summed E-state index contributed by atoms with van der Waals surface area (Å²) in [4.78, 5) is 2.78. The van der Waals surface area contributed by atoms with E-state index in [1.165, 1.54) is 36.9 Å². The molecule has 0 amide bonds. The van der Waals surface area contributed by atoms with E-state index >= 15 is 0 Å². The van der Waals surface area contributed by atoms with Crippen molar-refractivity contribution < 1.29 is 0 Å². The van der Waals surface area contributed by atoms with Gasteiger partial charge in [0.05, 0.1) is 0 Å². The molecule has 0 nitrogen and oxygen atoms in total. The Hall–Kier alpha value is -1.60. The standard InChI is InChI=1S/C15H10S/c1-9-2-7-14(16-9)15-12-5-3-10-8-11(12)4-6-13(10)15/h2-8H,1H3. The highest BCUT2D eigenvalue weighted by molar-refractivity contribution is 7.15. The zero-order valence-corrected chi connectivity index (χ0v) is 9.77. The van der Waals surface area contributed by atoms with E-state index in [0.29, 0.717) is 0 Å². The monoisotopic (exact) mass is 222 g/mol. The minimum Gasteiger partial charge on any atom is -0.141 e. The molecule has 6 aromatic rings. The summed E-state index contributed by atoms with van der Waals surface area (Å²) in [6, 6.07) is 15.7. The van der Waals surface area contributed by atoms with Crippen LogP contribution in [0, 0.1) is 6.92 Å². The van der Waals surface area contributed by atoms with E-state index < -0.39 is 0 Å². The average Bonchev–Trinajstić information content (AvgIpc) is 2.75. The van der Waals surface area contributed by atoms with Crippen molar-refractivity contribution in [3.63, 3.8) is 0 Å². The van der Waals surface area contributed by atoms with Gasteiger partial charge in [-0.1, -0.05) is 24.3 Å². The maximum Gasteiger partial charge on any atom is 0.0358 e. The van der Waals surface area contributed by atoms with Crippen molar-refractivity contribution in [2.45, 2.75) is 6.92 Å². The molecule has 0 aliphatic rings. The molecule has 0 saturated carbocycles. The summed E-state index contributed by atoms with van der Waals surface area (Å²) in [7, 11) is 0. The predicted molar refractivity (Wildman–Crippen MR) is 71.9 cm³/mol. The van der Waals surface area contributed by atoms with Crippen molar-refractivity contribution in [1.82, 2.24) is 0 Å². The Bertz CT molecular complexity index is 720. The zero-order valence-electron chi connectivity index (χ0n) is 8.95. The van der Waals surface area contributed by atoms with Crippen LogP contribution in [-0.4, -0.2) is 0 Å². The summed E-state index contributed by atoms with van der Waals surface area (Å²) < 4.78 is 0. The van der Waals surface area contributed by atoms with Crippen molar-refractivity contribution in [2.75, 3.05) is 0 Å². The van der Waals surface area contributed by atoms with Gasteiger partial charge in [-0.15, -0.1) is 11.3 Å². The van der Waals surface area contributed by atoms with Crippen molar-refractivity contribution >= 4 is 32.9 Å². The van der Waals surface area contributed by atoms with Gasteiger partial charge in [0.25, 0.3) is 0 Å². The van der Waals surface area contributed by atoms with Crippen LogP contribution < -0.4 is 0 Å². The lowest BCUT2D eigenvalue weighted by Crippen LogP contribution is -1.87. The maximum absolute atomic E-state index is 2.29.